The maximum atomic E-state index is 13.1. The Bertz CT molecular complexity index is 7450. The Morgan fingerprint density at radius 3 is 1.27 bits per heavy atom. The molecule has 0 aliphatic carbocycles. The Morgan fingerprint density at radius 1 is 0.440 bits per heavy atom. The van der Waals surface area contributed by atoms with Crippen LogP contribution in [0.3, 0.4) is 0 Å². The zero-order chi connectivity index (χ0) is 105. The molecule has 0 saturated carbocycles. The third-order valence-corrected chi connectivity index (χ3v) is 27.1. The molecule has 2 unspecified atom stereocenters. The van der Waals surface area contributed by atoms with Crippen molar-refractivity contribution in [3.8, 4) is 91.6 Å². The molecule has 0 spiro atoms. The number of nitrogens with one attached hydrogen (secondary N) is 1. The van der Waals surface area contributed by atoms with Gasteiger partial charge in [0.15, 0.2) is 34.8 Å². The van der Waals surface area contributed by atoms with Gasteiger partial charge in [-0.05, 0) is 276 Å². The lowest BCUT2D eigenvalue weighted by Crippen LogP contribution is -2.27. The third-order valence-electron chi connectivity index (χ3n) is 27.1. The van der Waals surface area contributed by atoms with E-state index >= 15 is 0 Å². The molecule has 768 valence electrons. The minimum atomic E-state index is -0.802. The number of carbonyl (C=O) groups is 2. The van der Waals surface area contributed by atoms with E-state index in [1.807, 2.05) is 24.4 Å². The van der Waals surface area contributed by atoms with Crippen LogP contribution in [0, 0.1) is 52.0 Å². The molecule has 0 radical (unpaired) electrons. The molecule has 5 aromatic carbocycles. The highest BCUT2D eigenvalue weighted by atomic mass is 19.1. The van der Waals surface area contributed by atoms with Gasteiger partial charge in [-0.1, -0.05) is 0 Å². The zero-order valence-electron chi connectivity index (χ0n) is 85.8. The molecule has 150 heavy (non-hydrogen) atoms. The number of likely N-dealkylation sites (N-methyl/N-ethyl adjacent to an activating group) is 5. The fraction of sp³-hybridized carbons (Fsp3) is 0.318. The number of pyridine rings is 2. The van der Waals surface area contributed by atoms with Crippen molar-refractivity contribution in [2.45, 2.75) is 138 Å². The molecule has 10 aromatic heterocycles. The van der Waals surface area contributed by atoms with Gasteiger partial charge in [-0.25, -0.2) is 79.7 Å². The van der Waals surface area contributed by atoms with Crippen LogP contribution in [0.4, 0.5) is 39.3 Å². The number of carbonyl (C=O) groups excluding carboxylic acids is 2. The Balaban J connectivity index is 0.000000122. The highest BCUT2D eigenvalue weighted by Gasteiger charge is 2.31. The van der Waals surface area contributed by atoms with E-state index in [0.29, 0.717) is 66.5 Å². The second kappa shape index (κ2) is 46.1. The number of hydrogen-bond donors (Lipinski definition) is 6. The number of nitrogen functional groups attached to an aromatic ring is 5. The van der Waals surface area contributed by atoms with E-state index in [4.69, 9.17) is 72.3 Å². The van der Waals surface area contributed by atoms with Gasteiger partial charge in [0.1, 0.15) is 43.1 Å². The molecule has 0 fully saturated rings. The molecule has 7 aliphatic rings. The van der Waals surface area contributed by atoms with Crippen molar-refractivity contribution in [3.63, 3.8) is 0 Å². The summed E-state index contributed by atoms with van der Waals surface area (Å²) in [5.74, 6) is 2.10. The molecule has 2 amide bonds. The standard InChI is InChI=1S/C23H26N8O2.2C23H25N5O2.C21H21N7O.C20H21FN6O/c1-13-9-14(10-15-12-31(4)8-6-16(13)15)17-11-26-20(24)19(27-17)22(32)29-18-5-7-25-21(28-18)23(33)30(2)3;1-14-9-15(10-16-13-28(2)7-4-17(14)16)19-11-26-22(24)23(27-19)30-20-5-8-29-21-12-25-6-3-18(20)21;1-14-7-15(8-16-11-28(2)6-4-18(14)16)20-10-26-22(24)23(27-20)30-21-13-29-12-17-9-25-5-3-19(17)21;1-13-7-14(8-15-11-28(2)6-4-17(13)15)18-10-25-20(23)21(27-18)29-12-16-3-5-24-19(9-22)26-16;1-12-7-13(8-14-10-27(2)6-4-16(12)14)17-9-24-18(22)19(26-17)28-11-15-3-5-23-20(21)25-15/h5,7,9-11H,6,8,12H2,1-4H3,(H2,24,26)(H,25,28,29,32);3,6,9-12,20H,4-5,7-8,13H2,1-2H3,(H2,24,26);3,5,7-10,21H,4,6,11-13H2,1-2H3,(H2,24,26);3,5,7-8,10H,4,6,11-12H2,1-2H3,(H2,23,25);3,5,7-9H,4,6,10-11H2,1-2H3,(H2,22,24). The van der Waals surface area contributed by atoms with Gasteiger partial charge in [0.2, 0.25) is 11.6 Å². The fourth-order valence-electron chi connectivity index (χ4n) is 19.3. The Hall–Kier alpha value is -16.8. The number of nitrogens with two attached hydrogens (primary N) is 5. The number of fused-ring (bicyclic) bond motifs is 7. The summed E-state index contributed by atoms with van der Waals surface area (Å²) in [5, 5.41) is 11.5. The van der Waals surface area contributed by atoms with Crippen LogP contribution < -0.4 is 57.7 Å². The van der Waals surface area contributed by atoms with Crippen molar-refractivity contribution >= 4 is 46.7 Å². The number of hydrogen-bond acceptors (Lipinski definition) is 37. The van der Waals surface area contributed by atoms with E-state index in [0.717, 1.165) is 159 Å². The molecule has 15 aromatic rings. The Kier molecular flexibility index (Phi) is 31.7. The minimum Gasteiger partial charge on any atom is -0.491 e. The number of anilines is 6. The highest BCUT2D eigenvalue weighted by Crippen LogP contribution is 2.41. The van der Waals surface area contributed by atoms with Crippen LogP contribution in [0.1, 0.15) is 157 Å². The summed E-state index contributed by atoms with van der Waals surface area (Å²) in [5.41, 5.74) is 62.3. The average Bonchev–Trinajstić information content (AvgIpc) is 0.814. The summed E-state index contributed by atoms with van der Waals surface area (Å²) < 4.78 is 48.2. The summed E-state index contributed by atoms with van der Waals surface area (Å²) in [7, 11) is 13.8. The van der Waals surface area contributed by atoms with E-state index < -0.39 is 12.0 Å². The largest absolute Gasteiger partial charge is 0.491 e. The Labute approximate surface area is 867 Å². The first-order valence-electron chi connectivity index (χ1n) is 49.3. The van der Waals surface area contributed by atoms with Crippen LogP contribution in [-0.2, 0) is 89.4 Å². The van der Waals surface area contributed by atoms with E-state index in [1.54, 1.807) is 75.8 Å². The molecule has 2 atom stereocenters. The lowest BCUT2D eigenvalue weighted by Gasteiger charge is -2.27. The summed E-state index contributed by atoms with van der Waals surface area (Å²) in [6, 6.07) is 32.1. The molecule has 0 bridgehead atoms. The Morgan fingerprint density at radius 2 is 0.833 bits per heavy atom. The SMILES string of the molecule is Cc1cc(-c2cnc(N)c(C(=O)Nc3ccnc(C(=O)N(C)C)n3)n2)cc2c1CCN(C)C2.Cc1cc(-c2cnc(N)c(OC3CCOc4cnccc43)n2)cc2c1CCN(C)C2.Cc1cc(-c2cnc(N)c(OC3COCc4cnccc43)n2)cc2c1CCN(C)C2.Cc1cc(-c2cnc(N)c(OCc3ccnc(C#N)n3)n2)cc2c1CCN(C)C2.Cc1cc(-c2cnc(N)c(OCc3ccnc(F)n3)n2)cc2c1CCN(C)C2. The normalized spacial score (nSPS) is 15.5. The van der Waals surface area contributed by atoms with Crippen molar-refractivity contribution in [1.29, 1.82) is 5.26 Å². The van der Waals surface area contributed by atoms with Crippen LogP contribution in [0.5, 0.6) is 29.3 Å². The van der Waals surface area contributed by atoms with Crippen LogP contribution in [0.25, 0.3) is 56.3 Å². The van der Waals surface area contributed by atoms with Crippen LogP contribution in [0.15, 0.2) is 165 Å². The minimum absolute atomic E-state index is 0.00399. The first kappa shape index (κ1) is 103. The van der Waals surface area contributed by atoms with Crippen LogP contribution in [0.2, 0.25) is 0 Å². The van der Waals surface area contributed by atoms with Gasteiger partial charge in [0.25, 0.3) is 35.3 Å². The van der Waals surface area contributed by atoms with E-state index in [9.17, 15) is 14.0 Å². The van der Waals surface area contributed by atoms with Gasteiger partial charge in [0, 0.05) is 168 Å². The number of aromatic nitrogens is 18. The lowest BCUT2D eigenvalue weighted by molar-refractivity contribution is 0.0205. The number of halogens is 1. The number of rotatable bonds is 18. The van der Waals surface area contributed by atoms with Crippen molar-refractivity contribution in [2.75, 3.05) is 129 Å². The topological polar surface area (TPSA) is 507 Å². The van der Waals surface area contributed by atoms with Gasteiger partial charge in [0.05, 0.1) is 96.9 Å². The van der Waals surface area contributed by atoms with Crippen LogP contribution >= 0.6 is 0 Å². The predicted octanol–water partition coefficient (Wildman–Crippen LogP) is 12.9. The molecule has 40 heteroatoms. The summed E-state index contributed by atoms with van der Waals surface area (Å²) >= 11 is 0. The molecule has 39 nitrogen and oxygen atoms in total. The van der Waals surface area contributed by atoms with Gasteiger partial charge >= 0.3 is 6.08 Å². The van der Waals surface area contributed by atoms with Crippen LogP contribution in [-0.4, -0.2) is 226 Å². The second-order valence-corrected chi connectivity index (χ2v) is 38.5. The molecule has 0 saturated heterocycles. The van der Waals surface area contributed by atoms with E-state index in [-0.39, 0.29) is 95.3 Å². The van der Waals surface area contributed by atoms with Crippen molar-refractivity contribution in [3.05, 3.63) is 300 Å². The maximum Gasteiger partial charge on any atom is 0.308 e. The smallest absolute Gasteiger partial charge is 0.308 e. The molecule has 11 N–H and O–H groups in total. The first-order valence-corrected chi connectivity index (χ1v) is 49.3. The number of ether oxygens (including phenoxy) is 6. The van der Waals surface area contributed by atoms with Crippen molar-refractivity contribution in [1.82, 2.24) is 119 Å². The predicted molar refractivity (Wildman–Crippen MR) is 564 cm³/mol. The number of amides is 2. The number of nitrogens with zero attached hydrogens (tertiary/aromatic N) is 25. The monoisotopic (exact) mass is 2020 g/mol. The lowest BCUT2D eigenvalue weighted by atomic mass is 9.92. The van der Waals surface area contributed by atoms with Gasteiger partial charge in [-0.2, -0.15) is 9.65 Å². The van der Waals surface area contributed by atoms with E-state index in [2.05, 4.69) is 240 Å². The van der Waals surface area contributed by atoms with Crippen molar-refractivity contribution in [2.24, 2.45) is 0 Å². The number of aryl methyl sites for hydroxylation is 5. The molecule has 17 heterocycles. The molecular weight excluding hydrogens is 1900 g/mol. The highest BCUT2D eigenvalue weighted by molar-refractivity contribution is 6.05. The van der Waals surface area contributed by atoms with Gasteiger partial charge in [-0.15, -0.1) is 0 Å². The fourth-order valence-corrected chi connectivity index (χ4v) is 19.3. The molecule has 7 aliphatic heterocycles. The summed E-state index contributed by atoms with van der Waals surface area (Å²) in [6.45, 7) is 22.3. The zero-order valence-corrected chi connectivity index (χ0v) is 85.8. The van der Waals surface area contributed by atoms with Gasteiger partial charge in [-0.3, -0.25) is 19.6 Å². The number of benzene rings is 5. The maximum absolute atomic E-state index is 13.1. The molecule has 22 rings (SSSR count). The average molecular weight is 2020 g/mol. The van der Waals surface area contributed by atoms with E-state index in [1.165, 1.54) is 113 Å². The third kappa shape index (κ3) is 24.5. The van der Waals surface area contributed by atoms with Crippen molar-refractivity contribution < 1.29 is 42.4 Å². The number of nitriles is 1. The summed E-state index contributed by atoms with van der Waals surface area (Å²) in [4.78, 5) is 114. The first-order chi connectivity index (χ1) is 72.4. The molecular formula is C110H118FN31O8. The van der Waals surface area contributed by atoms with Gasteiger partial charge < -0.3 is 91.8 Å². The second-order valence-electron chi connectivity index (χ2n) is 38.5. The quantitative estimate of drug-likeness (QED) is 0.0434. The summed E-state index contributed by atoms with van der Waals surface area (Å²) in [6.07, 6.45) is 24.3.